The summed E-state index contributed by atoms with van der Waals surface area (Å²) in [5.41, 5.74) is 0. The van der Waals surface area contributed by atoms with Gasteiger partial charge in [-0.15, -0.1) is 0 Å². The number of ketones is 1. The summed E-state index contributed by atoms with van der Waals surface area (Å²) in [6.07, 6.45) is 2.99. The van der Waals surface area contributed by atoms with Crippen LogP contribution >= 0.6 is 0 Å². The van der Waals surface area contributed by atoms with Gasteiger partial charge >= 0.3 is 0 Å². The predicted molar refractivity (Wildman–Crippen MR) is 64.0 cm³/mol. The third-order valence-electron chi connectivity index (χ3n) is 1.68. The van der Waals surface area contributed by atoms with Crippen molar-refractivity contribution in [3.05, 3.63) is 12.7 Å². The molecule has 0 unspecified atom stereocenters. The fourth-order valence-electron chi connectivity index (χ4n) is 0.830. The van der Waals surface area contributed by atoms with Crippen LogP contribution in [0.1, 0.15) is 12.8 Å². The molecule has 0 aromatic rings. The zero-order valence-electron chi connectivity index (χ0n) is 10.8. The summed E-state index contributed by atoms with van der Waals surface area (Å²) >= 11 is 0. The maximum atomic E-state index is 10.8. The SMILES string of the molecule is C=CC(=O)CCC[N+](C)(C)C.COS(=O)(=O)[O-]. The average Bonchev–Trinajstić information content (AvgIpc) is 2.15. The lowest BCUT2D eigenvalue weighted by atomic mass is 10.2. The van der Waals surface area contributed by atoms with Crippen LogP contribution in [-0.2, 0) is 19.4 Å². The van der Waals surface area contributed by atoms with Crippen LogP contribution in [-0.4, -0.2) is 58.0 Å². The molecule has 0 saturated carbocycles. The Balaban J connectivity index is 0. The van der Waals surface area contributed by atoms with Crippen molar-refractivity contribution in [2.45, 2.75) is 12.8 Å². The van der Waals surface area contributed by atoms with Crippen LogP contribution in [0.3, 0.4) is 0 Å². The van der Waals surface area contributed by atoms with Crippen molar-refractivity contribution in [2.24, 2.45) is 0 Å². The summed E-state index contributed by atoms with van der Waals surface area (Å²) in [6, 6.07) is 0. The lowest BCUT2D eigenvalue weighted by Crippen LogP contribution is -2.35. The number of quaternary nitrogens is 1. The van der Waals surface area contributed by atoms with E-state index >= 15 is 0 Å². The number of hydrogen-bond donors (Lipinski definition) is 0. The Morgan fingerprint density at radius 2 is 1.82 bits per heavy atom. The van der Waals surface area contributed by atoms with Gasteiger partial charge in [-0.05, 0) is 6.08 Å². The highest BCUT2D eigenvalue weighted by atomic mass is 32.3. The first kappa shape index (κ1) is 18.6. The van der Waals surface area contributed by atoms with Crippen LogP contribution in [0.25, 0.3) is 0 Å². The Morgan fingerprint density at radius 3 is 2.06 bits per heavy atom. The second kappa shape index (κ2) is 8.35. The van der Waals surface area contributed by atoms with Gasteiger partial charge in [0.2, 0.25) is 10.4 Å². The molecule has 17 heavy (non-hydrogen) atoms. The first-order chi connectivity index (χ1) is 7.52. The van der Waals surface area contributed by atoms with Crippen LogP contribution < -0.4 is 0 Å². The molecule has 0 spiro atoms. The molecule has 0 radical (unpaired) electrons. The molecule has 0 rings (SSSR count). The number of allylic oxidation sites excluding steroid dienone is 1. The summed E-state index contributed by atoms with van der Waals surface area (Å²) in [6.45, 7) is 4.46. The molecule has 0 heterocycles. The van der Waals surface area contributed by atoms with Crippen LogP contribution in [0, 0.1) is 0 Å². The first-order valence-corrected chi connectivity index (χ1v) is 6.32. The fraction of sp³-hybridized carbons (Fsp3) is 0.700. The highest BCUT2D eigenvalue weighted by Crippen LogP contribution is 1.98. The maximum Gasteiger partial charge on any atom is 0.217 e. The van der Waals surface area contributed by atoms with Crippen molar-refractivity contribution in [1.29, 1.82) is 0 Å². The molecule has 6 nitrogen and oxygen atoms in total. The summed E-state index contributed by atoms with van der Waals surface area (Å²) in [4.78, 5) is 10.8. The zero-order valence-corrected chi connectivity index (χ0v) is 11.6. The van der Waals surface area contributed by atoms with Crippen molar-refractivity contribution in [2.75, 3.05) is 34.8 Å². The predicted octanol–water partition coefficient (Wildman–Crippen LogP) is 0.321. The zero-order chi connectivity index (χ0) is 14.1. The molecule has 102 valence electrons. The lowest BCUT2D eigenvalue weighted by molar-refractivity contribution is -0.870. The van der Waals surface area contributed by atoms with Crippen LogP contribution in [0.5, 0.6) is 0 Å². The van der Waals surface area contributed by atoms with Gasteiger partial charge in [-0.1, -0.05) is 6.58 Å². The molecular formula is C10H21NO5S. The van der Waals surface area contributed by atoms with E-state index in [2.05, 4.69) is 31.9 Å². The molecule has 0 amide bonds. The van der Waals surface area contributed by atoms with E-state index in [1.807, 2.05) is 0 Å². The first-order valence-electron chi connectivity index (χ1n) is 4.99. The second-order valence-corrected chi connectivity index (χ2v) is 5.51. The third kappa shape index (κ3) is 21.1. The van der Waals surface area contributed by atoms with Gasteiger partial charge in [0.25, 0.3) is 0 Å². The molecule has 0 fully saturated rings. The number of hydrogen-bond acceptors (Lipinski definition) is 5. The normalized spacial score (nSPS) is 11.4. The summed E-state index contributed by atoms with van der Waals surface area (Å²) in [5.74, 6) is 0.151. The van der Waals surface area contributed by atoms with E-state index in [9.17, 15) is 17.8 Å². The van der Waals surface area contributed by atoms with E-state index < -0.39 is 10.4 Å². The van der Waals surface area contributed by atoms with Gasteiger partial charge in [-0.2, -0.15) is 0 Å². The topological polar surface area (TPSA) is 83.5 Å². The molecule has 0 atom stereocenters. The number of carbonyl (C=O) groups excluding carboxylic acids is 1. The Kier molecular flexibility index (Phi) is 9.13. The number of nitrogens with zero attached hydrogens (tertiary/aromatic N) is 1. The fourth-order valence-corrected chi connectivity index (χ4v) is 0.830. The Hall–Kier alpha value is -0.760. The minimum atomic E-state index is -4.41. The standard InChI is InChI=1S/C9H18NO.CH4O4S/c1-5-9(11)7-6-8-10(2,3)4;1-5-6(2,3)4/h5H,1,6-8H2,2-4H3;1H3,(H,2,3,4)/q+1;/p-1. The summed E-state index contributed by atoms with van der Waals surface area (Å²) < 4.78 is 31.9. The largest absolute Gasteiger partial charge is 0.726 e. The van der Waals surface area contributed by atoms with E-state index in [1.165, 1.54) is 6.08 Å². The van der Waals surface area contributed by atoms with Crippen molar-refractivity contribution < 1.29 is 26.4 Å². The lowest BCUT2D eigenvalue weighted by Gasteiger charge is -2.23. The smallest absolute Gasteiger partial charge is 0.217 e. The van der Waals surface area contributed by atoms with Gasteiger partial charge in [-0.3, -0.25) is 8.98 Å². The van der Waals surface area contributed by atoms with Crippen LogP contribution in [0.15, 0.2) is 12.7 Å². The van der Waals surface area contributed by atoms with E-state index in [1.54, 1.807) is 0 Å². The van der Waals surface area contributed by atoms with Gasteiger partial charge in [-0.25, -0.2) is 8.42 Å². The summed E-state index contributed by atoms with van der Waals surface area (Å²) in [5, 5.41) is 0. The van der Waals surface area contributed by atoms with Crippen molar-refractivity contribution >= 4 is 16.2 Å². The van der Waals surface area contributed by atoms with E-state index in [0.717, 1.165) is 24.6 Å². The van der Waals surface area contributed by atoms with Gasteiger partial charge in [0, 0.05) is 12.8 Å². The molecule has 0 bridgehead atoms. The maximum absolute atomic E-state index is 10.8. The molecule has 0 aliphatic rings. The monoisotopic (exact) mass is 267 g/mol. The van der Waals surface area contributed by atoms with E-state index in [4.69, 9.17) is 0 Å². The highest BCUT2D eigenvalue weighted by molar-refractivity contribution is 7.80. The quantitative estimate of drug-likeness (QED) is 0.299. The molecule has 0 aromatic carbocycles. The molecule has 0 aliphatic carbocycles. The van der Waals surface area contributed by atoms with Gasteiger partial charge in [0.1, 0.15) is 0 Å². The summed E-state index contributed by atoms with van der Waals surface area (Å²) in [7, 11) is 2.77. The minimum Gasteiger partial charge on any atom is -0.726 e. The molecule has 0 saturated heterocycles. The number of carbonyl (C=O) groups is 1. The Morgan fingerprint density at radius 1 is 1.41 bits per heavy atom. The van der Waals surface area contributed by atoms with Gasteiger partial charge in [0.05, 0.1) is 34.8 Å². The molecule has 7 heteroatoms. The second-order valence-electron chi connectivity index (χ2n) is 4.36. The van der Waals surface area contributed by atoms with E-state index in [0.29, 0.717) is 6.42 Å². The van der Waals surface area contributed by atoms with Crippen molar-refractivity contribution in [3.63, 3.8) is 0 Å². The Labute approximate surface area is 103 Å². The van der Waals surface area contributed by atoms with Crippen molar-refractivity contribution in [3.8, 4) is 0 Å². The molecule has 0 N–H and O–H groups in total. The van der Waals surface area contributed by atoms with Crippen LogP contribution in [0.4, 0.5) is 0 Å². The van der Waals surface area contributed by atoms with Crippen LogP contribution in [0.2, 0.25) is 0 Å². The average molecular weight is 267 g/mol. The van der Waals surface area contributed by atoms with E-state index in [-0.39, 0.29) is 5.78 Å². The number of rotatable bonds is 6. The Bertz CT molecular complexity index is 329. The highest BCUT2D eigenvalue weighted by Gasteiger charge is 2.06. The van der Waals surface area contributed by atoms with Crippen molar-refractivity contribution in [1.82, 2.24) is 0 Å². The molecule has 0 aliphatic heterocycles. The van der Waals surface area contributed by atoms with Gasteiger partial charge < -0.3 is 9.04 Å². The molecule has 0 aromatic heterocycles. The van der Waals surface area contributed by atoms with Gasteiger partial charge in [0.15, 0.2) is 5.78 Å². The molecular weight excluding hydrogens is 246 g/mol. The third-order valence-corrected chi connectivity index (χ3v) is 2.09. The minimum absolute atomic E-state index is 0.151.